The maximum atomic E-state index is 9.77. The second kappa shape index (κ2) is 49.1. The highest BCUT2D eigenvalue weighted by Crippen LogP contribution is 2.58. The smallest absolute Gasteiger partial charge is 0.160 e. The number of fused-ring (bicyclic) bond motifs is 6. The lowest BCUT2D eigenvalue weighted by Crippen LogP contribution is -2.25. The van der Waals surface area contributed by atoms with Crippen LogP contribution in [0.2, 0.25) is 0 Å². The van der Waals surface area contributed by atoms with E-state index < -0.39 is 0 Å². The minimum Gasteiger partial charge on any atom is -0.228 e. The molecule has 8 heteroatoms. The molecule has 0 unspecified atom stereocenters. The first-order valence-electron chi connectivity index (χ1n) is 55.7. The zero-order chi connectivity index (χ0) is 103. The van der Waals surface area contributed by atoms with Gasteiger partial charge in [-0.1, -0.05) is 471 Å². The molecule has 8 nitrogen and oxygen atoms in total. The van der Waals surface area contributed by atoms with Gasteiger partial charge in [-0.05, 0) is 251 Å². The van der Waals surface area contributed by atoms with Gasteiger partial charge in [0.1, 0.15) is 0 Å². The van der Waals surface area contributed by atoms with Crippen molar-refractivity contribution in [1.29, 1.82) is 10.5 Å². The molecule has 0 saturated heterocycles. The van der Waals surface area contributed by atoms with Gasteiger partial charge in [-0.3, -0.25) is 0 Å². The van der Waals surface area contributed by atoms with Crippen LogP contribution >= 0.6 is 0 Å². The summed E-state index contributed by atoms with van der Waals surface area (Å²) in [7, 11) is 0. The number of nitrogens with zero attached hydrogens (tertiary/aromatic N) is 8. The molecule has 0 aliphatic heterocycles. The van der Waals surface area contributed by atoms with Crippen LogP contribution in [0.5, 0.6) is 0 Å². The highest BCUT2D eigenvalue weighted by molar-refractivity contribution is 5.90. The van der Waals surface area contributed by atoms with Crippen LogP contribution in [0.25, 0.3) is 180 Å². The summed E-state index contributed by atoms with van der Waals surface area (Å²) in [6.45, 7) is 18.0. The van der Waals surface area contributed by atoms with Gasteiger partial charge in [0.15, 0.2) is 17.5 Å². The van der Waals surface area contributed by atoms with E-state index in [1.807, 2.05) is 72.8 Å². The van der Waals surface area contributed by atoms with E-state index in [0.717, 1.165) is 125 Å². The zero-order valence-electron chi connectivity index (χ0n) is 89.0. The molecule has 0 radical (unpaired) electrons. The molecular weight excluding hydrogens is 1820 g/mol. The first-order chi connectivity index (χ1) is 73.6. The molecule has 150 heavy (non-hydrogen) atoms. The van der Waals surface area contributed by atoms with Crippen LogP contribution in [0.3, 0.4) is 0 Å². The van der Waals surface area contributed by atoms with E-state index in [0.29, 0.717) is 28.6 Å². The normalized spacial score (nSPS) is 12.3. The van der Waals surface area contributed by atoms with Gasteiger partial charge in [0.25, 0.3) is 0 Å². The summed E-state index contributed by atoms with van der Waals surface area (Å²) in [5.41, 5.74) is 43.5. The molecule has 0 fully saturated rings. The molecule has 3 aromatic heterocycles. The largest absolute Gasteiger partial charge is 0.228 e. The minimum absolute atomic E-state index is 0.0256. The van der Waals surface area contributed by atoms with E-state index >= 15 is 0 Å². The third-order valence-corrected chi connectivity index (χ3v) is 31.4. The van der Waals surface area contributed by atoms with Crippen LogP contribution in [0.15, 0.2) is 364 Å². The number of hydrogen-bond acceptors (Lipinski definition) is 8. The molecule has 0 N–H and O–H groups in total. The summed E-state index contributed by atoms with van der Waals surface area (Å²) in [4.78, 5) is 31.5. The average molecular weight is 1960 g/mol. The summed E-state index contributed by atoms with van der Waals surface area (Å²) >= 11 is 0. The molecule has 2 aliphatic rings. The monoisotopic (exact) mass is 1960 g/mol. The minimum atomic E-state index is -0.0690. The number of benzene rings is 15. The highest BCUT2D eigenvalue weighted by Gasteiger charge is 2.45. The zero-order valence-corrected chi connectivity index (χ0v) is 89.0. The van der Waals surface area contributed by atoms with Gasteiger partial charge in [-0.2, -0.15) is 10.5 Å². The Morgan fingerprint density at radius 3 is 0.753 bits per heavy atom. The van der Waals surface area contributed by atoms with Crippen molar-refractivity contribution in [3.8, 4) is 192 Å². The molecule has 2 aliphatic carbocycles. The van der Waals surface area contributed by atoms with Gasteiger partial charge < -0.3 is 0 Å². The van der Waals surface area contributed by atoms with Crippen LogP contribution in [-0.2, 0) is 10.8 Å². The molecule has 20 rings (SSSR count). The van der Waals surface area contributed by atoms with Crippen molar-refractivity contribution in [3.05, 3.63) is 420 Å². The second-order valence-electron chi connectivity index (χ2n) is 42.2. The van der Waals surface area contributed by atoms with Crippen LogP contribution in [0, 0.1) is 50.4 Å². The molecule has 0 saturated carbocycles. The topological polar surface area (TPSA) is 125 Å². The lowest BCUT2D eigenvalue weighted by Gasteiger charge is -2.33. The predicted octanol–water partition coefficient (Wildman–Crippen LogP) is 39.6. The number of rotatable bonds is 42. The first kappa shape index (κ1) is 103. The molecule has 0 atom stereocenters. The second-order valence-corrected chi connectivity index (χ2v) is 42.2. The van der Waals surface area contributed by atoms with Crippen molar-refractivity contribution < 1.29 is 0 Å². The van der Waals surface area contributed by atoms with Crippen molar-refractivity contribution in [2.45, 2.75) is 246 Å². The van der Waals surface area contributed by atoms with E-state index in [9.17, 15) is 10.5 Å². The van der Waals surface area contributed by atoms with E-state index in [4.69, 9.17) is 29.9 Å². The lowest BCUT2D eigenvalue weighted by atomic mass is 9.70. The Morgan fingerprint density at radius 1 is 0.180 bits per heavy atom. The maximum Gasteiger partial charge on any atom is 0.160 e. The fraction of sp³-hybridized carbons (Fsp3) is 0.268. The Hall–Kier alpha value is -15.5. The number of aryl methyl sites for hydroxylation is 4. The summed E-state index contributed by atoms with van der Waals surface area (Å²) in [5, 5.41) is 19.5. The molecule has 748 valence electrons. The summed E-state index contributed by atoms with van der Waals surface area (Å²) in [6.07, 6.45) is 35.5. The van der Waals surface area contributed by atoms with E-state index in [-0.39, 0.29) is 10.8 Å². The number of aromatic nitrogens is 6. The van der Waals surface area contributed by atoms with Crippen molar-refractivity contribution in [3.63, 3.8) is 0 Å². The van der Waals surface area contributed by atoms with Gasteiger partial charge in [-0.15, -0.1) is 0 Å². The van der Waals surface area contributed by atoms with Crippen LogP contribution < -0.4 is 0 Å². The maximum absolute atomic E-state index is 9.77. The molecule has 0 amide bonds. The quantitative estimate of drug-likeness (QED) is 0.0346. The molecule has 0 spiro atoms. The van der Waals surface area contributed by atoms with Gasteiger partial charge in [-0.25, -0.2) is 29.9 Å². The number of hydrogen-bond donors (Lipinski definition) is 0. The summed E-state index contributed by atoms with van der Waals surface area (Å²) < 4.78 is 0. The highest BCUT2D eigenvalue weighted by atomic mass is 14.9. The predicted molar refractivity (Wildman–Crippen MR) is 629 cm³/mol. The van der Waals surface area contributed by atoms with Crippen molar-refractivity contribution >= 4 is 0 Å². The molecule has 3 heterocycles. The number of unbranched alkanes of at least 4 members (excludes halogenated alkanes) is 20. The number of nitriles is 2. The standard InChI is InChI=1S/C72H71N3.C70H69N5/c1-5-7-9-11-13-18-41-72(42-19-14-12-10-8-6-2)67-43-52(4)27-39-65(67)66-40-38-60(48-68(66)72)64-46-62(56-32-28-53(50-73)29-33-56)45-63(47-64)59-23-20-24-61(44-59)70-49-69(74-71(75-70)58-21-16-15-17-22-58)57-36-34-55(35-37-57)54-30-25-51(3)26-31-54;1-5-7-9-11-13-18-41-70(42-19-14-12-10-8-6-2)62-43-50(4)27-39-60(62)61-40-38-59(45-63(61)70)67-47-66(74-69(75-67)56-32-28-51(48-71)29-33-56)58-24-20-23-57(44-58)65-46-64(72-68(73-65)55-21-16-15-17-22-55)54-36-34-53(35-37-54)52-30-25-49(3)26-31-52/h15-17,20-40,43-49H,5-14,18-19,41-42H2,1-4H3;15-17,20-40,43-47H,5-14,18-19,41-42H2,1-4H3. The molecule has 0 bridgehead atoms. The Labute approximate surface area is 891 Å². The fourth-order valence-corrected chi connectivity index (χ4v) is 22.9. The molecular formula is C142H140N8. The van der Waals surface area contributed by atoms with Gasteiger partial charge in [0.05, 0.1) is 57.4 Å². The lowest BCUT2D eigenvalue weighted by molar-refractivity contribution is 0.398. The van der Waals surface area contributed by atoms with Crippen molar-refractivity contribution in [2.75, 3.05) is 0 Å². The van der Waals surface area contributed by atoms with E-state index in [1.54, 1.807) is 5.56 Å². The summed E-state index contributed by atoms with van der Waals surface area (Å²) in [5.74, 6) is 1.98. The summed E-state index contributed by atoms with van der Waals surface area (Å²) in [6, 6.07) is 135. The average Bonchev–Trinajstić information content (AvgIpc) is 1.56. The van der Waals surface area contributed by atoms with Gasteiger partial charge >= 0.3 is 0 Å². The van der Waals surface area contributed by atoms with Crippen LogP contribution in [0.4, 0.5) is 0 Å². The van der Waals surface area contributed by atoms with Crippen molar-refractivity contribution in [1.82, 2.24) is 29.9 Å². The van der Waals surface area contributed by atoms with Crippen LogP contribution in [-0.4, -0.2) is 29.9 Å². The van der Waals surface area contributed by atoms with Gasteiger partial charge in [0.2, 0.25) is 0 Å². The fourth-order valence-electron chi connectivity index (χ4n) is 22.9. The van der Waals surface area contributed by atoms with Gasteiger partial charge in [0, 0.05) is 60.9 Å². The SMILES string of the molecule is CCCCCCCCC1(CCCCCCCC)c2cc(C)ccc2-c2ccc(-c3cc(-c4ccc(C#N)cc4)cc(-c4cccc(-c5cc(-c6ccc(-c7ccc(C)cc7)cc6)nc(-c6ccccc6)n5)c4)c3)cc21.CCCCCCCCC1(CCCCCCCC)c2cc(C)ccc2-c2ccc(-c3cc(-c4cccc(-c5cc(-c6ccc(-c7ccc(C)cc7)cc6)nc(-c6ccccc6)n5)c4)nc(-c4ccc(C#N)cc4)n3)cc21. The molecule has 15 aromatic carbocycles. The third kappa shape index (κ3) is 24.1. The van der Waals surface area contributed by atoms with Crippen LogP contribution in [0.1, 0.15) is 263 Å². The van der Waals surface area contributed by atoms with E-state index in [1.165, 1.54) is 256 Å². The molecule has 18 aromatic rings. The Bertz CT molecular complexity index is 7260. The van der Waals surface area contributed by atoms with Crippen molar-refractivity contribution in [2.24, 2.45) is 0 Å². The first-order valence-corrected chi connectivity index (χ1v) is 55.7. The third-order valence-electron chi connectivity index (χ3n) is 31.4. The Morgan fingerprint density at radius 2 is 0.400 bits per heavy atom. The van der Waals surface area contributed by atoms with E-state index in [2.05, 4.69) is 359 Å². The Kier molecular flexibility index (Phi) is 33.7. The Balaban J connectivity index is 0.000000188.